The summed E-state index contributed by atoms with van der Waals surface area (Å²) in [6.07, 6.45) is 2.85. The van der Waals surface area contributed by atoms with Gasteiger partial charge in [-0.05, 0) is 35.7 Å². The molecule has 0 saturated carbocycles. The Kier molecular flexibility index (Phi) is 5.33. The summed E-state index contributed by atoms with van der Waals surface area (Å²) in [5, 5.41) is 1.78. The van der Waals surface area contributed by atoms with Gasteiger partial charge >= 0.3 is 5.97 Å². The number of carbonyl (C=O) groups is 1. The number of fused-ring (bicyclic) bond motifs is 1. The number of rotatable bonds is 6. The Hall–Kier alpha value is -3.13. The molecule has 0 radical (unpaired) electrons. The van der Waals surface area contributed by atoms with Crippen LogP contribution < -0.4 is 15.0 Å². The average Bonchev–Trinajstić information content (AvgIpc) is 3.13. The van der Waals surface area contributed by atoms with E-state index in [0.717, 1.165) is 0 Å². The molecule has 0 fully saturated rings. The van der Waals surface area contributed by atoms with Gasteiger partial charge in [-0.15, -0.1) is 11.3 Å². The molecule has 0 amide bonds. The highest BCUT2D eigenvalue weighted by atomic mass is 32.1. The zero-order valence-corrected chi connectivity index (χ0v) is 15.0. The van der Waals surface area contributed by atoms with Gasteiger partial charge in [0.1, 0.15) is 28.6 Å². The number of methoxy groups -OCH3 is 2. The fraction of sp³-hybridized carbons (Fsp3) is 0.167. The van der Waals surface area contributed by atoms with Gasteiger partial charge in [0.25, 0.3) is 5.56 Å². The summed E-state index contributed by atoms with van der Waals surface area (Å²) in [6, 6.07) is 6.99. The molecule has 0 spiro atoms. The first-order valence-corrected chi connectivity index (χ1v) is 8.52. The number of esters is 1. The van der Waals surface area contributed by atoms with E-state index in [9.17, 15) is 9.59 Å². The maximum Gasteiger partial charge on any atom is 0.331 e. The number of ether oxygens (including phenoxy) is 3. The molecule has 2 heterocycles. The second-order valence-electron chi connectivity index (χ2n) is 5.20. The molecule has 3 rings (SSSR count). The lowest BCUT2D eigenvalue weighted by molar-refractivity contribution is -0.139. The van der Waals surface area contributed by atoms with E-state index in [4.69, 9.17) is 14.2 Å². The van der Waals surface area contributed by atoms with Gasteiger partial charge in [-0.1, -0.05) is 0 Å². The van der Waals surface area contributed by atoms with Gasteiger partial charge in [-0.2, -0.15) is 0 Å². The van der Waals surface area contributed by atoms with Crippen LogP contribution in [0.15, 0.2) is 40.5 Å². The van der Waals surface area contributed by atoms with E-state index in [1.54, 1.807) is 49.9 Å². The predicted molar refractivity (Wildman–Crippen MR) is 98.6 cm³/mol. The van der Waals surface area contributed by atoms with Crippen LogP contribution in [0, 0.1) is 0 Å². The van der Waals surface area contributed by atoms with Gasteiger partial charge in [0, 0.05) is 11.6 Å². The zero-order valence-electron chi connectivity index (χ0n) is 14.1. The first-order valence-electron chi connectivity index (χ1n) is 7.64. The van der Waals surface area contributed by atoms with Crippen molar-refractivity contribution < 1.29 is 19.0 Å². The molecule has 1 N–H and O–H groups in total. The molecule has 0 aliphatic heterocycles. The molecule has 0 saturated heterocycles. The fourth-order valence-electron chi connectivity index (χ4n) is 2.31. The average molecular weight is 372 g/mol. The molecular weight excluding hydrogens is 356 g/mol. The van der Waals surface area contributed by atoms with Gasteiger partial charge in [-0.25, -0.2) is 9.78 Å². The van der Waals surface area contributed by atoms with Gasteiger partial charge in [-0.3, -0.25) is 4.79 Å². The Labute approximate surface area is 152 Å². The smallest absolute Gasteiger partial charge is 0.331 e. The van der Waals surface area contributed by atoms with Crippen molar-refractivity contribution in [1.29, 1.82) is 0 Å². The zero-order chi connectivity index (χ0) is 18.5. The maximum absolute atomic E-state index is 11.9. The van der Waals surface area contributed by atoms with E-state index in [2.05, 4.69) is 9.97 Å². The minimum Gasteiger partial charge on any atom is -0.497 e. The molecule has 0 aliphatic carbocycles. The Morgan fingerprint density at radius 2 is 2.12 bits per heavy atom. The summed E-state index contributed by atoms with van der Waals surface area (Å²) in [5.74, 6) is 0.970. The molecule has 0 aliphatic rings. The van der Waals surface area contributed by atoms with E-state index < -0.39 is 5.97 Å². The number of aromatic amines is 1. The van der Waals surface area contributed by atoms with E-state index in [1.165, 1.54) is 17.4 Å². The van der Waals surface area contributed by atoms with E-state index >= 15 is 0 Å². The molecule has 0 atom stereocenters. The number of carbonyl (C=O) groups excluding carboxylic acids is 1. The van der Waals surface area contributed by atoms with Crippen molar-refractivity contribution in [1.82, 2.24) is 9.97 Å². The van der Waals surface area contributed by atoms with Crippen LogP contribution in [0.2, 0.25) is 0 Å². The van der Waals surface area contributed by atoms with Crippen LogP contribution in [-0.2, 0) is 16.1 Å². The standard InChI is InChI=1S/C18H16N2O5S/c1-23-12-4-5-14(24-2)11(9-12)3-6-16(21)25-10-15-19-13-7-8-26-17(13)18(22)20-15/h3-9H,10H2,1-2H3,(H,19,20,22)/b6-3+. The molecular formula is C18H16N2O5S. The number of hydrogen-bond donors (Lipinski definition) is 1. The Balaban J connectivity index is 1.68. The van der Waals surface area contributed by atoms with Crippen LogP contribution in [-0.4, -0.2) is 30.2 Å². The molecule has 1 aromatic carbocycles. The van der Waals surface area contributed by atoms with Gasteiger partial charge < -0.3 is 19.2 Å². The van der Waals surface area contributed by atoms with Crippen molar-refractivity contribution in [2.45, 2.75) is 6.61 Å². The fourth-order valence-corrected chi connectivity index (χ4v) is 3.03. The van der Waals surface area contributed by atoms with E-state index in [-0.39, 0.29) is 12.2 Å². The second kappa shape index (κ2) is 7.83. The minimum atomic E-state index is -0.567. The monoisotopic (exact) mass is 372 g/mol. The Bertz CT molecular complexity index is 1020. The molecule has 26 heavy (non-hydrogen) atoms. The summed E-state index contributed by atoms with van der Waals surface area (Å²) >= 11 is 1.31. The molecule has 3 aromatic rings. The number of thiophene rings is 1. The van der Waals surface area contributed by atoms with Crippen molar-refractivity contribution in [2.24, 2.45) is 0 Å². The SMILES string of the molecule is COc1ccc(OC)c(/C=C/C(=O)OCc2nc3ccsc3c(=O)[nH]2)c1. The summed E-state index contributed by atoms with van der Waals surface area (Å²) in [4.78, 5) is 30.7. The number of benzene rings is 1. The van der Waals surface area contributed by atoms with Crippen LogP contribution in [0.1, 0.15) is 11.4 Å². The highest BCUT2D eigenvalue weighted by Crippen LogP contribution is 2.25. The van der Waals surface area contributed by atoms with Crippen LogP contribution in [0.25, 0.3) is 16.3 Å². The van der Waals surface area contributed by atoms with E-state index in [1.807, 2.05) is 0 Å². The van der Waals surface area contributed by atoms with Gasteiger partial charge in [0.05, 0.1) is 19.7 Å². The van der Waals surface area contributed by atoms with Crippen LogP contribution in [0.5, 0.6) is 11.5 Å². The van der Waals surface area contributed by atoms with Crippen molar-refractivity contribution in [3.63, 3.8) is 0 Å². The number of hydrogen-bond acceptors (Lipinski definition) is 7. The summed E-state index contributed by atoms with van der Waals surface area (Å²) in [7, 11) is 3.10. The molecule has 2 aromatic heterocycles. The van der Waals surface area contributed by atoms with Crippen LogP contribution in [0.4, 0.5) is 0 Å². The van der Waals surface area contributed by atoms with Crippen molar-refractivity contribution >= 4 is 33.6 Å². The van der Waals surface area contributed by atoms with Crippen LogP contribution in [0.3, 0.4) is 0 Å². The normalized spacial score (nSPS) is 11.0. The molecule has 0 bridgehead atoms. The van der Waals surface area contributed by atoms with Crippen molar-refractivity contribution in [3.8, 4) is 11.5 Å². The quantitative estimate of drug-likeness (QED) is 0.529. The molecule has 7 nitrogen and oxygen atoms in total. The number of nitrogens with one attached hydrogen (secondary N) is 1. The maximum atomic E-state index is 11.9. The highest BCUT2D eigenvalue weighted by molar-refractivity contribution is 7.17. The third-order valence-corrected chi connectivity index (χ3v) is 4.45. The summed E-state index contributed by atoms with van der Waals surface area (Å²) in [6.45, 7) is -0.126. The van der Waals surface area contributed by atoms with Crippen LogP contribution >= 0.6 is 11.3 Å². The number of nitrogens with zero attached hydrogens (tertiary/aromatic N) is 1. The molecule has 134 valence electrons. The lowest BCUT2D eigenvalue weighted by atomic mass is 10.1. The number of H-pyrrole nitrogens is 1. The van der Waals surface area contributed by atoms with Crippen molar-refractivity contribution in [2.75, 3.05) is 14.2 Å². The predicted octanol–water partition coefficient (Wildman–Crippen LogP) is 2.76. The molecule has 8 heteroatoms. The summed E-state index contributed by atoms with van der Waals surface area (Å²) in [5.41, 5.74) is 1.02. The minimum absolute atomic E-state index is 0.126. The third kappa shape index (κ3) is 3.92. The van der Waals surface area contributed by atoms with Crippen molar-refractivity contribution in [3.05, 3.63) is 57.5 Å². The lowest BCUT2D eigenvalue weighted by Crippen LogP contribution is -2.12. The number of aromatic nitrogens is 2. The van der Waals surface area contributed by atoms with E-state index in [0.29, 0.717) is 33.1 Å². The topological polar surface area (TPSA) is 90.5 Å². The first-order chi connectivity index (χ1) is 12.6. The van der Waals surface area contributed by atoms with Gasteiger partial charge in [0.2, 0.25) is 0 Å². The largest absolute Gasteiger partial charge is 0.497 e. The first kappa shape index (κ1) is 17.7. The highest BCUT2D eigenvalue weighted by Gasteiger charge is 2.07. The Morgan fingerprint density at radius 3 is 2.88 bits per heavy atom. The second-order valence-corrected chi connectivity index (χ2v) is 6.11. The van der Waals surface area contributed by atoms with Gasteiger partial charge in [0.15, 0.2) is 0 Å². The Morgan fingerprint density at radius 1 is 1.27 bits per heavy atom. The molecule has 0 unspecified atom stereocenters. The third-order valence-electron chi connectivity index (χ3n) is 3.55. The summed E-state index contributed by atoms with van der Waals surface area (Å²) < 4.78 is 16.1. The lowest BCUT2D eigenvalue weighted by Gasteiger charge is -2.07.